The maximum atomic E-state index is 13.0. The van der Waals surface area contributed by atoms with Gasteiger partial charge in [0.25, 0.3) is 0 Å². The summed E-state index contributed by atoms with van der Waals surface area (Å²) in [5.41, 5.74) is 0.638. The second-order valence-corrected chi connectivity index (χ2v) is 8.68. The van der Waals surface area contributed by atoms with Crippen LogP contribution in [-0.2, 0) is 26.0 Å². The lowest BCUT2D eigenvalue weighted by molar-refractivity contribution is -0.120. The number of methoxy groups -OCH3 is 1. The number of carbonyl (C=O) groups is 1. The van der Waals surface area contributed by atoms with E-state index in [0.717, 1.165) is 19.4 Å². The highest BCUT2D eigenvalue weighted by Crippen LogP contribution is 2.28. The van der Waals surface area contributed by atoms with Crippen LogP contribution in [0.3, 0.4) is 0 Å². The van der Waals surface area contributed by atoms with E-state index in [-0.39, 0.29) is 35.4 Å². The summed E-state index contributed by atoms with van der Waals surface area (Å²) in [6, 6.07) is 5.19. The van der Waals surface area contributed by atoms with Crippen LogP contribution >= 0.6 is 12.4 Å². The molecule has 2 aliphatic heterocycles. The Kier molecular flexibility index (Phi) is 8.51. The highest BCUT2D eigenvalue weighted by atomic mass is 35.5. The van der Waals surface area contributed by atoms with Gasteiger partial charge in [-0.25, -0.2) is 8.42 Å². The van der Waals surface area contributed by atoms with Gasteiger partial charge in [-0.3, -0.25) is 4.79 Å². The number of ether oxygens (including phenoxy) is 2. The van der Waals surface area contributed by atoms with E-state index in [9.17, 15) is 13.2 Å². The van der Waals surface area contributed by atoms with Gasteiger partial charge in [-0.05, 0) is 37.1 Å². The molecule has 0 radical (unpaired) electrons. The summed E-state index contributed by atoms with van der Waals surface area (Å²) in [5, 5.41) is 6.24. The van der Waals surface area contributed by atoms with E-state index in [0.29, 0.717) is 44.5 Å². The third-order valence-corrected chi connectivity index (χ3v) is 6.81. The lowest BCUT2D eigenvalue weighted by Gasteiger charge is -2.26. The lowest BCUT2D eigenvalue weighted by atomic mass is 10.1. The van der Waals surface area contributed by atoms with E-state index in [2.05, 4.69) is 10.6 Å². The van der Waals surface area contributed by atoms with Crippen LogP contribution in [0.5, 0.6) is 5.75 Å². The molecule has 2 fully saturated rings. The zero-order valence-corrected chi connectivity index (χ0v) is 17.6. The lowest BCUT2D eigenvalue weighted by Crippen LogP contribution is -2.40. The molecular weight excluding hydrogens is 406 g/mol. The Balaban J connectivity index is 0.00000280. The van der Waals surface area contributed by atoms with E-state index in [1.807, 2.05) is 0 Å². The van der Waals surface area contributed by atoms with E-state index in [1.54, 1.807) is 12.1 Å². The first kappa shape index (κ1) is 22.9. The van der Waals surface area contributed by atoms with Crippen LogP contribution in [0.15, 0.2) is 23.1 Å². The van der Waals surface area contributed by atoms with Crippen LogP contribution in [0, 0.1) is 0 Å². The van der Waals surface area contributed by atoms with Crippen molar-refractivity contribution in [2.24, 2.45) is 0 Å². The van der Waals surface area contributed by atoms with Gasteiger partial charge < -0.3 is 20.1 Å². The maximum absolute atomic E-state index is 13.0. The van der Waals surface area contributed by atoms with Crippen LogP contribution in [-0.4, -0.2) is 71.2 Å². The summed E-state index contributed by atoms with van der Waals surface area (Å²) in [4.78, 5) is 12.3. The van der Waals surface area contributed by atoms with Gasteiger partial charge in [-0.15, -0.1) is 12.4 Å². The minimum atomic E-state index is -3.70. The van der Waals surface area contributed by atoms with Gasteiger partial charge >= 0.3 is 0 Å². The van der Waals surface area contributed by atoms with Crippen LogP contribution in [0.25, 0.3) is 0 Å². The van der Waals surface area contributed by atoms with E-state index in [1.165, 1.54) is 17.5 Å². The Labute approximate surface area is 172 Å². The molecule has 0 aliphatic carbocycles. The number of carbonyl (C=O) groups excluding carboxylic acids is 1. The Hall–Kier alpha value is -1.39. The number of nitrogens with zero attached hydrogens (tertiary/aromatic N) is 1. The van der Waals surface area contributed by atoms with Gasteiger partial charge in [0.2, 0.25) is 15.9 Å². The number of morpholine rings is 1. The Morgan fingerprint density at radius 3 is 2.75 bits per heavy atom. The van der Waals surface area contributed by atoms with Crippen molar-refractivity contribution in [3.05, 3.63) is 23.8 Å². The summed E-state index contributed by atoms with van der Waals surface area (Å²) in [6.07, 6.45) is 2.31. The third-order valence-electron chi connectivity index (χ3n) is 4.89. The van der Waals surface area contributed by atoms with Crippen molar-refractivity contribution in [3.63, 3.8) is 0 Å². The SMILES string of the molecule is COc1ccc(CC(=O)NCC2CCCN2)cc1S(=O)(=O)N1CCOCC1.Cl. The molecule has 3 rings (SSSR count). The van der Waals surface area contributed by atoms with Gasteiger partial charge in [0.05, 0.1) is 26.7 Å². The number of benzene rings is 1. The number of halogens is 1. The molecule has 1 aromatic rings. The predicted molar refractivity (Wildman–Crippen MR) is 108 cm³/mol. The van der Waals surface area contributed by atoms with E-state index in [4.69, 9.17) is 9.47 Å². The molecule has 0 saturated carbocycles. The maximum Gasteiger partial charge on any atom is 0.246 e. The largest absolute Gasteiger partial charge is 0.495 e. The molecule has 2 N–H and O–H groups in total. The van der Waals surface area contributed by atoms with Crippen molar-refractivity contribution in [2.75, 3.05) is 46.5 Å². The molecule has 0 bridgehead atoms. The first-order valence-electron chi connectivity index (χ1n) is 9.25. The molecule has 2 heterocycles. The molecule has 1 atom stereocenters. The second-order valence-electron chi connectivity index (χ2n) is 6.78. The minimum Gasteiger partial charge on any atom is -0.495 e. The highest BCUT2D eigenvalue weighted by molar-refractivity contribution is 7.89. The molecule has 0 spiro atoms. The van der Waals surface area contributed by atoms with Gasteiger partial charge in [-0.2, -0.15) is 4.31 Å². The van der Waals surface area contributed by atoms with Crippen LogP contribution in [0.2, 0.25) is 0 Å². The van der Waals surface area contributed by atoms with Crippen molar-refractivity contribution in [1.29, 1.82) is 0 Å². The summed E-state index contributed by atoms with van der Waals surface area (Å²) in [5.74, 6) is 0.157. The number of nitrogens with one attached hydrogen (secondary N) is 2. The fraction of sp³-hybridized carbons (Fsp3) is 0.611. The van der Waals surface area contributed by atoms with Crippen molar-refractivity contribution in [3.8, 4) is 5.75 Å². The van der Waals surface area contributed by atoms with Crippen molar-refractivity contribution in [1.82, 2.24) is 14.9 Å². The molecule has 1 unspecified atom stereocenters. The van der Waals surface area contributed by atoms with Crippen molar-refractivity contribution in [2.45, 2.75) is 30.2 Å². The zero-order valence-electron chi connectivity index (χ0n) is 16.0. The van der Waals surface area contributed by atoms with Gasteiger partial charge in [0.15, 0.2) is 0 Å². The first-order chi connectivity index (χ1) is 13.0. The standard InChI is InChI=1S/C18H27N3O5S.ClH/c1-25-16-5-4-14(12-18(22)20-13-15-3-2-6-19-15)11-17(16)27(23,24)21-7-9-26-10-8-21;/h4-5,11,15,19H,2-3,6-10,12-13H2,1H3,(H,20,22);1H. The van der Waals surface area contributed by atoms with Gasteiger partial charge in [0.1, 0.15) is 10.6 Å². The minimum absolute atomic E-state index is 0. The number of sulfonamides is 1. The smallest absolute Gasteiger partial charge is 0.246 e. The summed E-state index contributed by atoms with van der Waals surface area (Å²) in [7, 11) is -2.26. The normalized spacial score (nSPS) is 20.4. The molecule has 10 heteroatoms. The Bertz CT molecular complexity index is 762. The average molecular weight is 434 g/mol. The monoisotopic (exact) mass is 433 g/mol. The first-order valence-corrected chi connectivity index (χ1v) is 10.7. The Morgan fingerprint density at radius 2 is 2.11 bits per heavy atom. The zero-order chi connectivity index (χ0) is 19.3. The molecule has 1 aromatic carbocycles. The number of hydrogen-bond acceptors (Lipinski definition) is 6. The molecule has 8 nitrogen and oxygen atoms in total. The van der Waals surface area contributed by atoms with Crippen molar-refractivity contribution < 1.29 is 22.7 Å². The fourth-order valence-electron chi connectivity index (χ4n) is 3.37. The van der Waals surface area contributed by atoms with Crippen molar-refractivity contribution >= 4 is 28.3 Å². The second kappa shape index (κ2) is 10.4. The van der Waals surface area contributed by atoms with Gasteiger partial charge in [0, 0.05) is 25.7 Å². The summed E-state index contributed by atoms with van der Waals surface area (Å²) in [6.45, 7) is 2.95. The Morgan fingerprint density at radius 1 is 1.36 bits per heavy atom. The molecule has 0 aromatic heterocycles. The summed E-state index contributed by atoms with van der Waals surface area (Å²) >= 11 is 0. The molecular formula is C18H28ClN3O5S. The molecule has 2 saturated heterocycles. The van der Waals surface area contributed by atoms with Crippen LogP contribution in [0.1, 0.15) is 18.4 Å². The van der Waals surface area contributed by atoms with E-state index < -0.39 is 10.0 Å². The van der Waals surface area contributed by atoms with Gasteiger partial charge in [-0.1, -0.05) is 6.07 Å². The predicted octanol–water partition coefficient (Wildman–Crippen LogP) is 0.549. The van der Waals surface area contributed by atoms with Crippen LogP contribution in [0.4, 0.5) is 0 Å². The molecule has 28 heavy (non-hydrogen) atoms. The molecule has 2 aliphatic rings. The molecule has 158 valence electrons. The van der Waals surface area contributed by atoms with Crippen LogP contribution < -0.4 is 15.4 Å². The number of hydrogen-bond donors (Lipinski definition) is 2. The quantitative estimate of drug-likeness (QED) is 0.651. The van der Waals surface area contributed by atoms with E-state index >= 15 is 0 Å². The molecule has 1 amide bonds. The fourth-order valence-corrected chi connectivity index (χ4v) is 4.99. The number of rotatable bonds is 7. The number of amides is 1. The average Bonchev–Trinajstić information content (AvgIpc) is 3.21. The third kappa shape index (κ3) is 5.57. The summed E-state index contributed by atoms with van der Waals surface area (Å²) < 4.78 is 37.9. The topological polar surface area (TPSA) is 97.0 Å². The highest BCUT2D eigenvalue weighted by Gasteiger charge is 2.29.